The van der Waals surface area contributed by atoms with E-state index in [9.17, 15) is 19.2 Å². The molecule has 1 aliphatic heterocycles. The van der Waals surface area contributed by atoms with Crippen LogP contribution in [0.15, 0.2) is 0 Å². The first-order valence-corrected chi connectivity index (χ1v) is 6.38. The Hall–Kier alpha value is -1.92. The topological polar surface area (TPSA) is 90.0 Å². The van der Waals surface area contributed by atoms with E-state index in [1.54, 1.807) is 0 Å². The standard InChI is InChI=1S/C13H19NO6/c1-8(15)4-5-9-11(16)7-6-10(12(17)19-2)14(9)13(18)20-3/h9-10H,4-7H2,1-3H3/t9?,10-/m0/s1. The molecule has 0 spiro atoms. The fourth-order valence-corrected chi connectivity index (χ4v) is 2.32. The molecule has 7 nitrogen and oxygen atoms in total. The van der Waals surface area contributed by atoms with Crippen molar-refractivity contribution in [1.82, 2.24) is 4.90 Å². The Labute approximate surface area is 117 Å². The van der Waals surface area contributed by atoms with E-state index in [-0.39, 0.29) is 37.2 Å². The van der Waals surface area contributed by atoms with Crippen LogP contribution in [-0.2, 0) is 23.9 Å². The first-order chi connectivity index (χ1) is 9.42. The maximum atomic E-state index is 12.0. The van der Waals surface area contributed by atoms with Gasteiger partial charge in [-0.3, -0.25) is 9.69 Å². The summed E-state index contributed by atoms with van der Waals surface area (Å²) >= 11 is 0. The normalized spacial score (nSPS) is 22.4. The Morgan fingerprint density at radius 3 is 2.40 bits per heavy atom. The number of Topliss-reactive ketones (excluding diaryl/α,β-unsaturated/α-hetero) is 2. The van der Waals surface area contributed by atoms with Crippen LogP contribution in [0, 0.1) is 0 Å². The van der Waals surface area contributed by atoms with E-state index in [2.05, 4.69) is 9.47 Å². The van der Waals surface area contributed by atoms with Crippen molar-refractivity contribution in [2.75, 3.05) is 14.2 Å². The number of likely N-dealkylation sites (tertiary alicyclic amines) is 1. The van der Waals surface area contributed by atoms with Gasteiger partial charge >= 0.3 is 12.1 Å². The third-order valence-corrected chi connectivity index (χ3v) is 3.34. The van der Waals surface area contributed by atoms with Crippen LogP contribution in [-0.4, -0.2) is 54.8 Å². The second kappa shape index (κ2) is 7.02. The van der Waals surface area contributed by atoms with E-state index < -0.39 is 24.1 Å². The van der Waals surface area contributed by atoms with Crippen molar-refractivity contribution < 1.29 is 28.7 Å². The lowest BCUT2D eigenvalue weighted by molar-refractivity contribution is -0.150. The predicted octanol–water partition coefficient (Wildman–Crippen LogP) is 0.697. The molecule has 1 heterocycles. The minimum Gasteiger partial charge on any atom is -0.467 e. The molecule has 0 aromatic carbocycles. The zero-order chi connectivity index (χ0) is 15.3. The molecule has 0 aromatic rings. The lowest BCUT2D eigenvalue weighted by atomic mass is 9.91. The highest BCUT2D eigenvalue weighted by atomic mass is 16.5. The van der Waals surface area contributed by atoms with Crippen LogP contribution in [0.3, 0.4) is 0 Å². The molecule has 1 amide bonds. The van der Waals surface area contributed by atoms with Gasteiger partial charge in [-0.05, 0) is 19.8 Å². The van der Waals surface area contributed by atoms with Crippen LogP contribution in [0.1, 0.15) is 32.6 Å². The Morgan fingerprint density at radius 2 is 1.90 bits per heavy atom. The Morgan fingerprint density at radius 1 is 1.25 bits per heavy atom. The zero-order valence-corrected chi connectivity index (χ0v) is 11.9. The van der Waals surface area contributed by atoms with Crippen molar-refractivity contribution in [3.05, 3.63) is 0 Å². The SMILES string of the molecule is COC(=O)[C@@H]1CCC(=O)C(CCC(C)=O)N1C(=O)OC. The van der Waals surface area contributed by atoms with Gasteiger partial charge in [0.2, 0.25) is 0 Å². The van der Waals surface area contributed by atoms with Gasteiger partial charge in [0.1, 0.15) is 11.8 Å². The van der Waals surface area contributed by atoms with E-state index in [0.29, 0.717) is 0 Å². The molecule has 2 atom stereocenters. The number of methoxy groups -OCH3 is 2. The van der Waals surface area contributed by atoms with Gasteiger partial charge in [0, 0.05) is 12.8 Å². The average Bonchev–Trinajstić information content (AvgIpc) is 2.43. The molecule has 0 aliphatic carbocycles. The highest BCUT2D eigenvalue weighted by molar-refractivity contribution is 5.93. The second-order valence-electron chi connectivity index (χ2n) is 4.68. The Bertz CT molecular complexity index is 419. The summed E-state index contributed by atoms with van der Waals surface area (Å²) in [6.07, 6.45) is -0.0244. The summed E-state index contributed by atoms with van der Waals surface area (Å²) in [4.78, 5) is 47.7. The number of hydrogen-bond acceptors (Lipinski definition) is 6. The van der Waals surface area contributed by atoms with Gasteiger partial charge in [-0.1, -0.05) is 0 Å². The fraction of sp³-hybridized carbons (Fsp3) is 0.692. The van der Waals surface area contributed by atoms with Crippen LogP contribution in [0.2, 0.25) is 0 Å². The summed E-state index contributed by atoms with van der Waals surface area (Å²) in [6, 6.07) is -1.66. The molecule has 20 heavy (non-hydrogen) atoms. The number of carbonyl (C=O) groups is 4. The maximum Gasteiger partial charge on any atom is 0.410 e. The molecule has 7 heteroatoms. The molecule has 0 bridgehead atoms. The van der Waals surface area contributed by atoms with E-state index >= 15 is 0 Å². The first kappa shape index (κ1) is 16.1. The predicted molar refractivity (Wildman–Crippen MR) is 68.0 cm³/mol. The zero-order valence-electron chi connectivity index (χ0n) is 11.9. The molecule has 0 aromatic heterocycles. The molecule has 1 saturated heterocycles. The molecular formula is C13H19NO6. The molecule has 1 fully saturated rings. The first-order valence-electron chi connectivity index (χ1n) is 6.38. The van der Waals surface area contributed by atoms with Gasteiger partial charge < -0.3 is 14.3 Å². The third kappa shape index (κ3) is 3.55. The van der Waals surface area contributed by atoms with Crippen LogP contribution >= 0.6 is 0 Å². The van der Waals surface area contributed by atoms with E-state index in [1.807, 2.05) is 0 Å². The molecule has 1 unspecified atom stereocenters. The minimum atomic E-state index is -0.845. The van der Waals surface area contributed by atoms with Crippen molar-refractivity contribution in [2.24, 2.45) is 0 Å². The highest BCUT2D eigenvalue weighted by Crippen LogP contribution is 2.25. The third-order valence-electron chi connectivity index (χ3n) is 3.34. The van der Waals surface area contributed by atoms with E-state index in [0.717, 1.165) is 4.90 Å². The second-order valence-corrected chi connectivity index (χ2v) is 4.68. The van der Waals surface area contributed by atoms with Gasteiger partial charge in [0.25, 0.3) is 0 Å². The molecule has 0 radical (unpaired) electrons. The van der Waals surface area contributed by atoms with Crippen molar-refractivity contribution in [3.63, 3.8) is 0 Å². The van der Waals surface area contributed by atoms with Crippen molar-refractivity contribution in [1.29, 1.82) is 0 Å². The minimum absolute atomic E-state index is 0.0807. The molecule has 1 aliphatic rings. The van der Waals surface area contributed by atoms with Gasteiger partial charge in [-0.25, -0.2) is 9.59 Å². The number of rotatable bonds is 4. The molecule has 1 rings (SSSR count). The van der Waals surface area contributed by atoms with Crippen LogP contribution < -0.4 is 0 Å². The van der Waals surface area contributed by atoms with Gasteiger partial charge in [0.05, 0.1) is 20.3 Å². The highest BCUT2D eigenvalue weighted by Gasteiger charge is 2.43. The van der Waals surface area contributed by atoms with Gasteiger partial charge in [-0.2, -0.15) is 0 Å². The van der Waals surface area contributed by atoms with Crippen LogP contribution in [0.25, 0.3) is 0 Å². The number of piperidine rings is 1. The number of carbonyl (C=O) groups excluding carboxylic acids is 4. The quantitative estimate of drug-likeness (QED) is 0.706. The van der Waals surface area contributed by atoms with Crippen LogP contribution in [0.5, 0.6) is 0 Å². The fourth-order valence-electron chi connectivity index (χ4n) is 2.32. The summed E-state index contributed by atoms with van der Waals surface area (Å²) in [5, 5.41) is 0. The van der Waals surface area contributed by atoms with Gasteiger partial charge in [0.15, 0.2) is 5.78 Å². The monoisotopic (exact) mass is 285 g/mol. The summed E-state index contributed by atoms with van der Waals surface area (Å²) in [5.74, 6) is -0.838. The summed E-state index contributed by atoms with van der Waals surface area (Å²) in [7, 11) is 2.40. The number of amides is 1. The lowest BCUT2D eigenvalue weighted by Crippen LogP contribution is -2.57. The number of esters is 1. The Balaban J connectivity index is 3.00. The molecule has 112 valence electrons. The Kier molecular flexibility index (Phi) is 5.66. The molecule has 0 saturated carbocycles. The number of ketones is 2. The summed E-state index contributed by atoms with van der Waals surface area (Å²) < 4.78 is 9.30. The van der Waals surface area contributed by atoms with E-state index in [1.165, 1.54) is 21.1 Å². The number of ether oxygens (including phenoxy) is 2. The van der Waals surface area contributed by atoms with Crippen molar-refractivity contribution in [3.8, 4) is 0 Å². The number of nitrogens with zero attached hydrogens (tertiary/aromatic N) is 1. The van der Waals surface area contributed by atoms with Crippen molar-refractivity contribution >= 4 is 23.6 Å². The van der Waals surface area contributed by atoms with Gasteiger partial charge in [-0.15, -0.1) is 0 Å². The van der Waals surface area contributed by atoms with Crippen LogP contribution in [0.4, 0.5) is 4.79 Å². The molecular weight excluding hydrogens is 266 g/mol. The average molecular weight is 285 g/mol. The lowest BCUT2D eigenvalue weighted by Gasteiger charge is -2.38. The summed E-state index contributed by atoms with van der Waals surface area (Å²) in [6.45, 7) is 1.41. The summed E-state index contributed by atoms with van der Waals surface area (Å²) in [5.41, 5.74) is 0. The molecule has 0 N–H and O–H groups in total. The smallest absolute Gasteiger partial charge is 0.410 e. The van der Waals surface area contributed by atoms with Crippen molar-refractivity contribution in [2.45, 2.75) is 44.7 Å². The largest absolute Gasteiger partial charge is 0.467 e. The maximum absolute atomic E-state index is 12.0. The van der Waals surface area contributed by atoms with E-state index in [4.69, 9.17) is 0 Å². The number of hydrogen-bond donors (Lipinski definition) is 0.